The Morgan fingerprint density at radius 1 is 1.07 bits per heavy atom. The third-order valence-electron chi connectivity index (χ3n) is 4.47. The van der Waals surface area contributed by atoms with Crippen molar-refractivity contribution in [3.05, 3.63) is 65.2 Å². The molecule has 2 aromatic rings. The minimum Gasteiger partial charge on any atom is -0.488 e. The van der Waals surface area contributed by atoms with Crippen LogP contribution in [0.1, 0.15) is 30.5 Å². The molecule has 0 aliphatic carbocycles. The Kier molecular flexibility index (Phi) is 7.11. The van der Waals surface area contributed by atoms with E-state index in [0.29, 0.717) is 13.2 Å². The van der Waals surface area contributed by atoms with E-state index in [2.05, 4.69) is 54.0 Å². The number of benzene rings is 2. The average Bonchev–Trinajstić information content (AvgIpc) is 3.12. The highest BCUT2D eigenvalue weighted by Gasteiger charge is 2.22. The van der Waals surface area contributed by atoms with Crippen LogP contribution in [0.5, 0.6) is 5.75 Å². The number of nitrogens with zero attached hydrogens (tertiary/aromatic N) is 1. The van der Waals surface area contributed by atoms with Gasteiger partial charge in [0, 0.05) is 19.6 Å². The van der Waals surface area contributed by atoms with E-state index >= 15 is 0 Å². The number of nitrogens with one attached hydrogen (secondary N) is 2. The summed E-state index contributed by atoms with van der Waals surface area (Å²) in [6.07, 6.45) is 1.08. The van der Waals surface area contributed by atoms with Gasteiger partial charge in [-0.15, -0.1) is 0 Å². The van der Waals surface area contributed by atoms with Crippen molar-refractivity contribution in [1.29, 1.82) is 0 Å². The van der Waals surface area contributed by atoms with E-state index in [1.165, 1.54) is 16.7 Å². The van der Waals surface area contributed by atoms with Gasteiger partial charge in [-0.3, -0.25) is 0 Å². The highest BCUT2D eigenvalue weighted by molar-refractivity contribution is 5.79. The summed E-state index contributed by atoms with van der Waals surface area (Å²) in [6, 6.07) is 16.7. The zero-order valence-corrected chi connectivity index (χ0v) is 16.2. The molecule has 1 atom stereocenters. The fourth-order valence-electron chi connectivity index (χ4n) is 3.05. The second-order valence-electron chi connectivity index (χ2n) is 6.58. The van der Waals surface area contributed by atoms with E-state index in [1.54, 1.807) is 0 Å². The van der Waals surface area contributed by atoms with E-state index < -0.39 is 0 Å². The number of hydrogen-bond acceptors (Lipinski definition) is 3. The predicted molar refractivity (Wildman–Crippen MR) is 109 cm³/mol. The quantitative estimate of drug-likeness (QED) is 0.555. The fourth-order valence-corrected chi connectivity index (χ4v) is 3.05. The normalized spacial score (nSPS) is 15.9. The summed E-state index contributed by atoms with van der Waals surface area (Å²) in [7, 11) is 0. The van der Waals surface area contributed by atoms with Crippen molar-refractivity contribution in [3.63, 3.8) is 0 Å². The topological polar surface area (TPSA) is 54.9 Å². The molecule has 0 bridgehead atoms. The van der Waals surface area contributed by atoms with Crippen molar-refractivity contribution in [3.8, 4) is 5.75 Å². The Balaban J connectivity index is 1.51. The zero-order valence-electron chi connectivity index (χ0n) is 16.2. The van der Waals surface area contributed by atoms with Gasteiger partial charge < -0.3 is 20.1 Å². The van der Waals surface area contributed by atoms with Gasteiger partial charge in [0.25, 0.3) is 0 Å². The first-order chi connectivity index (χ1) is 13.3. The SMILES string of the molecule is CCNC(=NCc1ccc(COCC)cc1)NCC1Cc2ccccc2O1. The predicted octanol–water partition coefficient (Wildman–Crippen LogP) is 3.28. The minimum atomic E-state index is 0.143. The summed E-state index contributed by atoms with van der Waals surface area (Å²) in [6.45, 7) is 7.66. The van der Waals surface area contributed by atoms with Crippen molar-refractivity contribution in [1.82, 2.24) is 10.6 Å². The Bertz CT molecular complexity index is 718. The van der Waals surface area contributed by atoms with Gasteiger partial charge in [0.05, 0.1) is 19.7 Å². The molecule has 1 aliphatic rings. The summed E-state index contributed by atoms with van der Waals surface area (Å²) in [5.41, 5.74) is 3.64. The van der Waals surface area contributed by atoms with Crippen molar-refractivity contribution in [2.75, 3.05) is 19.7 Å². The van der Waals surface area contributed by atoms with Crippen LogP contribution in [0.25, 0.3) is 0 Å². The fraction of sp³-hybridized carbons (Fsp3) is 0.409. The summed E-state index contributed by atoms with van der Waals surface area (Å²) in [5, 5.41) is 6.70. The largest absolute Gasteiger partial charge is 0.488 e. The van der Waals surface area contributed by atoms with Crippen LogP contribution in [0.15, 0.2) is 53.5 Å². The van der Waals surface area contributed by atoms with Crippen molar-refractivity contribution in [2.24, 2.45) is 4.99 Å². The zero-order chi connectivity index (χ0) is 18.9. The molecule has 3 rings (SSSR count). The lowest BCUT2D eigenvalue weighted by atomic mass is 10.1. The van der Waals surface area contributed by atoms with Crippen LogP contribution in [-0.2, 0) is 24.3 Å². The second-order valence-corrected chi connectivity index (χ2v) is 6.58. The smallest absolute Gasteiger partial charge is 0.191 e. The molecule has 5 nitrogen and oxygen atoms in total. The van der Waals surface area contributed by atoms with Crippen LogP contribution >= 0.6 is 0 Å². The molecule has 27 heavy (non-hydrogen) atoms. The molecule has 0 spiro atoms. The molecule has 2 aromatic carbocycles. The van der Waals surface area contributed by atoms with Crippen LogP contribution < -0.4 is 15.4 Å². The van der Waals surface area contributed by atoms with E-state index in [9.17, 15) is 0 Å². The van der Waals surface area contributed by atoms with Crippen LogP contribution in [-0.4, -0.2) is 31.8 Å². The number of guanidine groups is 1. The molecule has 144 valence electrons. The Hall–Kier alpha value is -2.53. The number of ether oxygens (including phenoxy) is 2. The molecule has 1 aliphatic heterocycles. The molecule has 0 fully saturated rings. The molecule has 0 saturated carbocycles. The summed E-state index contributed by atoms with van der Waals surface area (Å²) >= 11 is 0. The molecule has 0 aromatic heterocycles. The minimum absolute atomic E-state index is 0.143. The molecule has 5 heteroatoms. The van der Waals surface area contributed by atoms with Crippen LogP contribution in [0, 0.1) is 0 Å². The third kappa shape index (κ3) is 5.73. The first kappa shape index (κ1) is 19.2. The van der Waals surface area contributed by atoms with Crippen LogP contribution in [0.3, 0.4) is 0 Å². The standard InChI is InChI=1S/C22H29N3O2/c1-3-23-22(24-14-17-9-11-18(12-10-17)16-26-4-2)25-15-20-13-19-7-5-6-8-21(19)27-20/h5-12,20H,3-4,13-16H2,1-2H3,(H2,23,24,25). The van der Waals surface area contributed by atoms with Crippen LogP contribution in [0.4, 0.5) is 0 Å². The van der Waals surface area contributed by atoms with E-state index in [1.807, 2.05) is 19.1 Å². The van der Waals surface area contributed by atoms with Crippen molar-refractivity contribution < 1.29 is 9.47 Å². The summed E-state index contributed by atoms with van der Waals surface area (Å²) < 4.78 is 11.4. The summed E-state index contributed by atoms with van der Waals surface area (Å²) in [5.74, 6) is 1.81. The number of aliphatic imine (C=N–C) groups is 1. The maximum atomic E-state index is 5.99. The van der Waals surface area contributed by atoms with Gasteiger partial charge >= 0.3 is 0 Å². The first-order valence-electron chi connectivity index (χ1n) is 9.70. The van der Waals surface area contributed by atoms with Gasteiger partial charge in [0.15, 0.2) is 5.96 Å². The molecule has 0 saturated heterocycles. The molecule has 1 heterocycles. The molecular weight excluding hydrogens is 338 g/mol. The van der Waals surface area contributed by atoms with Gasteiger partial charge in [0.1, 0.15) is 11.9 Å². The number of rotatable bonds is 8. The Morgan fingerprint density at radius 3 is 2.59 bits per heavy atom. The van der Waals surface area contributed by atoms with E-state index in [-0.39, 0.29) is 6.10 Å². The van der Waals surface area contributed by atoms with Gasteiger partial charge in [0.2, 0.25) is 0 Å². The lowest BCUT2D eigenvalue weighted by Crippen LogP contribution is -2.42. The van der Waals surface area contributed by atoms with E-state index in [0.717, 1.165) is 37.8 Å². The first-order valence-corrected chi connectivity index (χ1v) is 9.70. The number of fused-ring (bicyclic) bond motifs is 1. The van der Waals surface area contributed by atoms with Crippen LogP contribution in [0.2, 0.25) is 0 Å². The third-order valence-corrected chi connectivity index (χ3v) is 4.47. The average molecular weight is 367 g/mol. The highest BCUT2D eigenvalue weighted by Crippen LogP contribution is 2.27. The van der Waals surface area contributed by atoms with Gasteiger partial charge in [-0.2, -0.15) is 0 Å². The number of para-hydroxylation sites is 1. The Morgan fingerprint density at radius 2 is 1.85 bits per heavy atom. The maximum absolute atomic E-state index is 5.99. The second kappa shape index (κ2) is 9.97. The lowest BCUT2D eigenvalue weighted by molar-refractivity contribution is 0.134. The van der Waals surface area contributed by atoms with Crippen molar-refractivity contribution >= 4 is 5.96 Å². The summed E-state index contributed by atoms with van der Waals surface area (Å²) in [4.78, 5) is 4.69. The molecule has 0 radical (unpaired) electrons. The maximum Gasteiger partial charge on any atom is 0.191 e. The molecule has 1 unspecified atom stereocenters. The highest BCUT2D eigenvalue weighted by atomic mass is 16.5. The van der Waals surface area contributed by atoms with Gasteiger partial charge in [-0.1, -0.05) is 42.5 Å². The van der Waals surface area contributed by atoms with Gasteiger partial charge in [-0.25, -0.2) is 4.99 Å². The number of hydrogen-bond donors (Lipinski definition) is 2. The molecule has 2 N–H and O–H groups in total. The van der Waals surface area contributed by atoms with Crippen molar-refractivity contribution in [2.45, 2.75) is 39.5 Å². The van der Waals surface area contributed by atoms with Gasteiger partial charge in [-0.05, 0) is 36.6 Å². The molecular formula is C22H29N3O2. The molecule has 0 amide bonds. The Labute approximate surface area is 161 Å². The monoisotopic (exact) mass is 367 g/mol. The van der Waals surface area contributed by atoms with E-state index in [4.69, 9.17) is 14.5 Å². The lowest BCUT2D eigenvalue weighted by Gasteiger charge is -2.15.